The van der Waals surface area contributed by atoms with E-state index >= 15 is 0 Å². The Morgan fingerprint density at radius 1 is 1.26 bits per heavy atom. The monoisotopic (exact) mass is 367 g/mol. The minimum atomic E-state index is -4.61. The number of alkyl halides is 3. The number of ether oxygens (including phenoxy) is 1. The molecule has 0 aliphatic carbocycles. The van der Waals surface area contributed by atoms with Gasteiger partial charge in [-0.05, 0) is 19.2 Å². The highest BCUT2D eigenvalue weighted by Crippen LogP contribution is 2.28. The number of thioether (sulfide) groups is 1. The molecule has 0 spiro atoms. The molecule has 0 N–H and O–H groups in total. The minimum Gasteiger partial charge on any atom is -0.463 e. The molecule has 0 fully saturated rings. The van der Waals surface area contributed by atoms with Gasteiger partial charge in [0.15, 0.2) is 17.1 Å². The molecule has 23 heavy (non-hydrogen) atoms. The summed E-state index contributed by atoms with van der Waals surface area (Å²) in [6, 6.07) is 2.38. The first kappa shape index (κ1) is 17.7. The SMILES string of the molecule is CSc1nc(Cl)cc(-c2cnc(OC(C)C(F)(F)F)c(F)c2)n1. The van der Waals surface area contributed by atoms with E-state index in [1.54, 1.807) is 6.26 Å². The normalized spacial score (nSPS) is 13.0. The summed E-state index contributed by atoms with van der Waals surface area (Å²) in [5.74, 6) is -1.76. The first-order valence-corrected chi connectivity index (χ1v) is 7.79. The first-order valence-electron chi connectivity index (χ1n) is 6.18. The number of hydrogen-bond donors (Lipinski definition) is 0. The average molecular weight is 368 g/mol. The molecule has 2 heterocycles. The van der Waals surface area contributed by atoms with E-state index in [1.807, 2.05) is 0 Å². The largest absolute Gasteiger partial charge is 0.463 e. The lowest BCUT2D eigenvalue weighted by molar-refractivity contribution is -0.190. The zero-order valence-electron chi connectivity index (χ0n) is 11.9. The maximum atomic E-state index is 13.9. The summed E-state index contributed by atoms with van der Waals surface area (Å²) in [5.41, 5.74) is 0.547. The first-order chi connectivity index (χ1) is 10.7. The molecule has 10 heteroatoms. The Labute approximate surface area is 138 Å². The quantitative estimate of drug-likeness (QED) is 0.347. The molecule has 2 rings (SSSR count). The summed E-state index contributed by atoms with van der Waals surface area (Å²) < 4.78 is 55.7. The van der Waals surface area contributed by atoms with Crippen molar-refractivity contribution in [3.05, 3.63) is 29.3 Å². The fraction of sp³-hybridized carbons (Fsp3) is 0.308. The van der Waals surface area contributed by atoms with Gasteiger partial charge in [-0.2, -0.15) is 13.2 Å². The van der Waals surface area contributed by atoms with Crippen LogP contribution in [0, 0.1) is 5.82 Å². The molecule has 1 atom stereocenters. The van der Waals surface area contributed by atoms with Gasteiger partial charge in [0.1, 0.15) is 5.15 Å². The Morgan fingerprint density at radius 2 is 1.96 bits per heavy atom. The van der Waals surface area contributed by atoms with Gasteiger partial charge in [0.05, 0.1) is 5.69 Å². The van der Waals surface area contributed by atoms with Gasteiger partial charge in [-0.15, -0.1) is 0 Å². The third-order valence-corrected chi connectivity index (χ3v) is 3.45. The summed E-state index contributed by atoms with van der Waals surface area (Å²) in [4.78, 5) is 11.7. The van der Waals surface area contributed by atoms with Crippen LogP contribution in [0.5, 0.6) is 5.88 Å². The second-order valence-corrected chi connectivity index (χ2v) is 5.54. The summed E-state index contributed by atoms with van der Waals surface area (Å²) in [7, 11) is 0. The van der Waals surface area contributed by atoms with Crippen molar-refractivity contribution in [3.63, 3.8) is 0 Å². The third kappa shape index (κ3) is 4.44. The van der Waals surface area contributed by atoms with E-state index in [-0.39, 0.29) is 10.7 Å². The molecule has 0 radical (unpaired) electrons. The van der Waals surface area contributed by atoms with Gasteiger partial charge in [-0.3, -0.25) is 0 Å². The van der Waals surface area contributed by atoms with Crippen molar-refractivity contribution in [2.45, 2.75) is 24.4 Å². The zero-order chi connectivity index (χ0) is 17.2. The molecule has 2 aromatic rings. The van der Waals surface area contributed by atoms with Crippen molar-refractivity contribution < 1.29 is 22.3 Å². The highest BCUT2D eigenvalue weighted by atomic mass is 35.5. The number of rotatable bonds is 4. The summed E-state index contributed by atoms with van der Waals surface area (Å²) >= 11 is 7.08. The van der Waals surface area contributed by atoms with Crippen molar-refractivity contribution in [3.8, 4) is 17.1 Å². The summed E-state index contributed by atoms with van der Waals surface area (Å²) in [6.07, 6.45) is -3.89. The van der Waals surface area contributed by atoms with E-state index in [0.29, 0.717) is 10.9 Å². The lowest BCUT2D eigenvalue weighted by Crippen LogP contribution is -2.31. The Morgan fingerprint density at radius 3 is 2.52 bits per heavy atom. The smallest absolute Gasteiger partial charge is 0.425 e. The summed E-state index contributed by atoms with van der Waals surface area (Å²) in [6.45, 7) is 0.768. The molecule has 0 aliphatic rings. The molecule has 0 aromatic carbocycles. The van der Waals surface area contributed by atoms with Gasteiger partial charge < -0.3 is 4.74 Å². The number of hydrogen-bond acceptors (Lipinski definition) is 5. The standard InChI is InChI=1S/C13H10ClF4N3OS/c1-6(13(16,17)18)22-11-8(15)3-7(5-19-11)9-4-10(14)21-12(20-9)23-2/h3-6H,1-2H3. The van der Waals surface area contributed by atoms with E-state index in [2.05, 4.69) is 19.7 Å². The van der Waals surface area contributed by atoms with Crippen LogP contribution >= 0.6 is 23.4 Å². The van der Waals surface area contributed by atoms with Crippen LogP contribution in [0.4, 0.5) is 17.6 Å². The molecule has 4 nitrogen and oxygen atoms in total. The van der Waals surface area contributed by atoms with Crippen LogP contribution < -0.4 is 4.74 Å². The predicted octanol–water partition coefficient (Wildman–Crippen LogP) is 4.38. The fourth-order valence-electron chi connectivity index (χ4n) is 1.52. The number of halogens is 5. The topological polar surface area (TPSA) is 47.9 Å². The van der Waals surface area contributed by atoms with E-state index < -0.39 is 24.0 Å². The lowest BCUT2D eigenvalue weighted by atomic mass is 10.2. The Balaban J connectivity index is 2.31. The van der Waals surface area contributed by atoms with Crippen LogP contribution in [0.2, 0.25) is 5.15 Å². The third-order valence-electron chi connectivity index (χ3n) is 2.71. The van der Waals surface area contributed by atoms with Gasteiger partial charge in [-0.25, -0.2) is 19.3 Å². The van der Waals surface area contributed by atoms with Crippen LogP contribution in [-0.2, 0) is 0 Å². The van der Waals surface area contributed by atoms with E-state index in [9.17, 15) is 17.6 Å². The van der Waals surface area contributed by atoms with Gasteiger partial charge in [-0.1, -0.05) is 23.4 Å². The van der Waals surface area contributed by atoms with Crippen molar-refractivity contribution in [1.29, 1.82) is 0 Å². The molecular formula is C13H10ClF4N3OS. The van der Waals surface area contributed by atoms with Crippen LogP contribution in [0.25, 0.3) is 11.3 Å². The molecule has 0 bridgehead atoms. The van der Waals surface area contributed by atoms with Crippen LogP contribution in [0.3, 0.4) is 0 Å². The van der Waals surface area contributed by atoms with E-state index in [4.69, 9.17) is 11.6 Å². The maximum absolute atomic E-state index is 13.9. The fourth-order valence-corrected chi connectivity index (χ4v) is 2.14. The van der Waals surface area contributed by atoms with Gasteiger partial charge in [0.25, 0.3) is 5.88 Å². The van der Waals surface area contributed by atoms with E-state index in [0.717, 1.165) is 19.2 Å². The second-order valence-electron chi connectivity index (χ2n) is 4.38. The van der Waals surface area contributed by atoms with Crippen LogP contribution in [-0.4, -0.2) is 33.5 Å². The molecule has 0 aliphatic heterocycles. The number of aromatic nitrogens is 3. The van der Waals surface area contributed by atoms with Gasteiger partial charge in [0.2, 0.25) is 0 Å². The molecule has 0 saturated heterocycles. The van der Waals surface area contributed by atoms with Crippen LogP contribution in [0.15, 0.2) is 23.5 Å². The molecule has 0 saturated carbocycles. The lowest BCUT2D eigenvalue weighted by Gasteiger charge is -2.17. The molecular weight excluding hydrogens is 358 g/mol. The maximum Gasteiger partial charge on any atom is 0.425 e. The highest BCUT2D eigenvalue weighted by molar-refractivity contribution is 7.98. The minimum absolute atomic E-state index is 0.158. The van der Waals surface area contributed by atoms with Crippen molar-refractivity contribution in [2.75, 3.05) is 6.26 Å². The molecule has 0 amide bonds. The van der Waals surface area contributed by atoms with Gasteiger partial charge >= 0.3 is 6.18 Å². The molecule has 2 aromatic heterocycles. The van der Waals surface area contributed by atoms with Crippen molar-refractivity contribution >= 4 is 23.4 Å². The van der Waals surface area contributed by atoms with Crippen molar-refractivity contribution in [1.82, 2.24) is 15.0 Å². The molecule has 124 valence electrons. The number of nitrogens with zero attached hydrogens (tertiary/aromatic N) is 3. The second kappa shape index (κ2) is 6.88. The number of pyridine rings is 1. The predicted molar refractivity (Wildman–Crippen MR) is 78.2 cm³/mol. The van der Waals surface area contributed by atoms with E-state index in [1.165, 1.54) is 17.8 Å². The zero-order valence-corrected chi connectivity index (χ0v) is 13.4. The average Bonchev–Trinajstić information content (AvgIpc) is 2.47. The Hall–Kier alpha value is -1.61. The Bertz CT molecular complexity index is 714. The Kier molecular flexibility index (Phi) is 5.30. The van der Waals surface area contributed by atoms with Gasteiger partial charge in [0, 0.05) is 17.8 Å². The van der Waals surface area contributed by atoms with Crippen LogP contribution in [0.1, 0.15) is 6.92 Å². The summed E-state index contributed by atoms with van der Waals surface area (Å²) in [5, 5.41) is 0.532. The van der Waals surface area contributed by atoms with Crippen molar-refractivity contribution in [2.24, 2.45) is 0 Å². The molecule has 1 unspecified atom stereocenters. The highest BCUT2D eigenvalue weighted by Gasteiger charge is 2.38.